The molecule has 0 bridgehead atoms. The summed E-state index contributed by atoms with van der Waals surface area (Å²) in [7, 11) is 0. The lowest BCUT2D eigenvalue weighted by molar-refractivity contribution is 0.183. The second-order valence-electron chi connectivity index (χ2n) is 3.98. The number of hydrogen-bond acceptors (Lipinski definition) is 3. The lowest BCUT2D eigenvalue weighted by Gasteiger charge is -2.06. The summed E-state index contributed by atoms with van der Waals surface area (Å²) in [6, 6.07) is 0. The summed E-state index contributed by atoms with van der Waals surface area (Å²) in [5.41, 5.74) is 6.73. The molecule has 1 fully saturated rings. The maximum atomic E-state index is 5.67. The smallest absolute Gasteiger partial charge is 0.148 e. The van der Waals surface area contributed by atoms with E-state index in [1.54, 1.807) is 0 Å². The van der Waals surface area contributed by atoms with Gasteiger partial charge in [-0.1, -0.05) is 0 Å². The van der Waals surface area contributed by atoms with Gasteiger partial charge in [0.25, 0.3) is 0 Å². The number of nitrogens with two attached hydrogens (primary N) is 1. The molecule has 2 heterocycles. The number of aryl methyl sites for hydroxylation is 2. The first-order chi connectivity index (χ1) is 6.75. The highest BCUT2D eigenvalue weighted by Gasteiger charge is 2.15. The van der Waals surface area contributed by atoms with Crippen LogP contribution in [0.2, 0.25) is 0 Å². The Labute approximate surface area is 84.0 Å². The second-order valence-corrected chi connectivity index (χ2v) is 3.98. The van der Waals surface area contributed by atoms with Crippen LogP contribution in [0.25, 0.3) is 0 Å². The summed E-state index contributed by atoms with van der Waals surface area (Å²) in [5.74, 6) is 1.36. The van der Waals surface area contributed by atoms with Crippen molar-refractivity contribution < 1.29 is 4.74 Å². The molecule has 1 aliphatic heterocycles. The zero-order valence-electron chi connectivity index (χ0n) is 8.57. The van der Waals surface area contributed by atoms with Gasteiger partial charge in [-0.15, -0.1) is 0 Å². The maximum Gasteiger partial charge on any atom is 0.148 e. The first-order valence-electron chi connectivity index (χ1n) is 5.13. The first-order valence-corrected chi connectivity index (χ1v) is 5.13. The van der Waals surface area contributed by atoms with Crippen molar-refractivity contribution in [3.8, 4) is 0 Å². The summed E-state index contributed by atoms with van der Waals surface area (Å²) in [4.78, 5) is 0. The lowest BCUT2D eigenvalue weighted by atomic mass is 10.1. The molecule has 14 heavy (non-hydrogen) atoms. The third kappa shape index (κ3) is 2.07. The van der Waals surface area contributed by atoms with Crippen LogP contribution in [0.5, 0.6) is 0 Å². The minimum absolute atomic E-state index is 0.646. The van der Waals surface area contributed by atoms with Crippen LogP contribution >= 0.6 is 0 Å². The molecule has 0 amide bonds. The van der Waals surface area contributed by atoms with Crippen molar-refractivity contribution in [1.82, 2.24) is 9.78 Å². The van der Waals surface area contributed by atoms with Gasteiger partial charge in [0, 0.05) is 31.5 Å². The minimum atomic E-state index is 0.646. The molecule has 1 saturated heterocycles. The Morgan fingerprint density at radius 3 is 3.14 bits per heavy atom. The predicted octanol–water partition coefficient (Wildman–Crippen LogP) is 1.20. The van der Waals surface area contributed by atoms with Crippen molar-refractivity contribution in [2.24, 2.45) is 5.92 Å². The highest BCUT2D eigenvalue weighted by Crippen LogP contribution is 2.17. The van der Waals surface area contributed by atoms with Crippen molar-refractivity contribution in [1.29, 1.82) is 0 Å². The molecule has 1 unspecified atom stereocenters. The quantitative estimate of drug-likeness (QED) is 0.788. The zero-order chi connectivity index (χ0) is 9.97. The highest BCUT2D eigenvalue weighted by atomic mass is 16.5. The number of rotatable bonds is 3. The topological polar surface area (TPSA) is 53.1 Å². The van der Waals surface area contributed by atoms with E-state index in [1.807, 2.05) is 17.8 Å². The third-order valence-corrected chi connectivity index (χ3v) is 2.77. The van der Waals surface area contributed by atoms with Crippen molar-refractivity contribution in [3.05, 3.63) is 11.8 Å². The largest absolute Gasteiger partial charge is 0.382 e. The Kier molecular flexibility index (Phi) is 2.72. The van der Waals surface area contributed by atoms with Crippen LogP contribution in [0.1, 0.15) is 18.4 Å². The van der Waals surface area contributed by atoms with E-state index >= 15 is 0 Å². The Morgan fingerprint density at radius 2 is 2.57 bits per heavy atom. The summed E-state index contributed by atoms with van der Waals surface area (Å²) in [6.45, 7) is 4.77. The number of nitrogens with zero attached hydrogens (tertiary/aromatic N) is 2. The predicted molar refractivity (Wildman–Crippen MR) is 54.9 cm³/mol. The minimum Gasteiger partial charge on any atom is -0.382 e. The van der Waals surface area contributed by atoms with E-state index in [4.69, 9.17) is 10.5 Å². The van der Waals surface area contributed by atoms with Crippen LogP contribution in [-0.4, -0.2) is 23.0 Å². The summed E-state index contributed by atoms with van der Waals surface area (Å²) in [6.07, 6.45) is 4.33. The van der Waals surface area contributed by atoms with Crippen LogP contribution in [-0.2, 0) is 11.3 Å². The van der Waals surface area contributed by atoms with Gasteiger partial charge >= 0.3 is 0 Å². The van der Waals surface area contributed by atoms with Crippen molar-refractivity contribution >= 4 is 5.82 Å². The zero-order valence-corrected chi connectivity index (χ0v) is 8.57. The molecule has 4 heteroatoms. The van der Waals surface area contributed by atoms with Crippen LogP contribution in [0, 0.1) is 12.8 Å². The molecule has 2 rings (SSSR count). The normalized spacial score (nSPS) is 21.6. The second kappa shape index (κ2) is 4.00. The summed E-state index contributed by atoms with van der Waals surface area (Å²) >= 11 is 0. The Morgan fingerprint density at radius 1 is 1.71 bits per heavy atom. The van der Waals surface area contributed by atoms with Gasteiger partial charge in [0.05, 0.1) is 0 Å². The number of aromatic nitrogens is 2. The molecule has 2 N–H and O–H groups in total. The van der Waals surface area contributed by atoms with Gasteiger partial charge in [-0.25, -0.2) is 0 Å². The van der Waals surface area contributed by atoms with Crippen molar-refractivity contribution in [2.75, 3.05) is 18.9 Å². The molecule has 4 nitrogen and oxygen atoms in total. The fourth-order valence-electron chi connectivity index (χ4n) is 1.78. The molecular weight excluding hydrogens is 178 g/mol. The Hall–Kier alpha value is -1.03. The van der Waals surface area contributed by atoms with Crippen molar-refractivity contribution in [3.63, 3.8) is 0 Å². The molecule has 0 aliphatic carbocycles. The Bertz CT molecular complexity index is 283. The standard InChI is InChI=1S/C10H17N3O/c1-8-6-13(12-10(8)11)4-2-9-3-5-14-7-9/h6,9H,2-5,7H2,1H3,(H2,11,12). The monoisotopic (exact) mass is 195 g/mol. The van der Waals surface area contributed by atoms with E-state index in [1.165, 1.54) is 6.42 Å². The fraction of sp³-hybridized carbons (Fsp3) is 0.700. The van der Waals surface area contributed by atoms with E-state index in [0.717, 1.165) is 31.7 Å². The average Bonchev–Trinajstić information content (AvgIpc) is 2.74. The molecule has 1 aromatic rings. The third-order valence-electron chi connectivity index (χ3n) is 2.77. The molecule has 0 aromatic carbocycles. The molecule has 1 aromatic heterocycles. The van der Waals surface area contributed by atoms with Crippen LogP contribution in [0.4, 0.5) is 5.82 Å². The average molecular weight is 195 g/mol. The van der Waals surface area contributed by atoms with E-state index < -0.39 is 0 Å². The summed E-state index contributed by atoms with van der Waals surface area (Å²) < 4.78 is 7.25. The maximum absolute atomic E-state index is 5.67. The SMILES string of the molecule is Cc1cn(CCC2CCOC2)nc1N. The first kappa shape index (κ1) is 9.52. The van der Waals surface area contributed by atoms with Crippen LogP contribution in [0.3, 0.4) is 0 Å². The van der Waals surface area contributed by atoms with E-state index in [2.05, 4.69) is 5.10 Å². The molecule has 0 saturated carbocycles. The fourth-order valence-corrected chi connectivity index (χ4v) is 1.78. The molecule has 1 aliphatic rings. The number of hydrogen-bond donors (Lipinski definition) is 1. The number of nitrogen functional groups attached to an aromatic ring is 1. The van der Waals surface area contributed by atoms with Gasteiger partial charge < -0.3 is 10.5 Å². The lowest BCUT2D eigenvalue weighted by Crippen LogP contribution is -2.06. The molecule has 0 spiro atoms. The number of anilines is 1. The van der Waals surface area contributed by atoms with Gasteiger partial charge in [-0.05, 0) is 25.7 Å². The Balaban J connectivity index is 1.85. The van der Waals surface area contributed by atoms with Gasteiger partial charge in [-0.2, -0.15) is 5.10 Å². The molecule has 0 radical (unpaired) electrons. The molecule has 78 valence electrons. The number of ether oxygens (including phenoxy) is 1. The summed E-state index contributed by atoms with van der Waals surface area (Å²) in [5, 5.41) is 4.22. The van der Waals surface area contributed by atoms with Gasteiger partial charge in [-0.3, -0.25) is 4.68 Å². The van der Waals surface area contributed by atoms with Gasteiger partial charge in [0.15, 0.2) is 0 Å². The van der Waals surface area contributed by atoms with Crippen LogP contribution in [0.15, 0.2) is 6.20 Å². The van der Waals surface area contributed by atoms with E-state index in [9.17, 15) is 0 Å². The van der Waals surface area contributed by atoms with Gasteiger partial charge in [0.1, 0.15) is 5.82 Å². The highest BCUT2D eigenvalue weighted by molar-refractivity contribution is 5.35. The van der Waals surface area contributed by atoms with Crippen molar-refractivity contribution in [2.45, 2.75) is 26.3 Å². The van der Waals surface area contributed by atoms with E-state index in [-0.39, 0.29) is 0 Å². The van der Waals surface area contributed by atoms with E-state index in [0.29, 0.717) is 11.7 Å². The van der Waals surface area contributed by atoms with Gasteiger partial charge in [0.2, 0.25) is 0 Å². The van der Waals surface area contributed by atoms with Crippen LogP contribution < -0.4 is 5.73 Å². The molecule has 1 atom stereocenters. The molecular formula is C10H17N3O.